The van der Waals surface area contributed by atoms with Gasteiger partial charge in [-0.1, -0.05) is 6.07 Å². The predicted octanol–water partition coefficient (Wildman–Crippen LogP) is 1.91. The van der Waals surface area contributed by atoms with Crippen LogP contribution in [0.25, 0.3) is 0 Å². The number of Topliss-reactive ketones (excluding diaryl/α,β-unsaturated/α-hetero) is 1. The summed E-state index contributed by atoms with van der Waals surface area (Å²) in [6.45, 7) is -0.0676. The van der Waals surface area contributed by atoms with Gasteiger partial charge in [0.1, 0.15) is 5.92 Å². The molecule has 1 aromatic heterocycles. The normalized spacial score (nSPS) is 25.9. The zero-order valence-electron chi connectivity index (χ0n) is 14.6. The third-order valence-electron chi connectivity index (χ3n) is 4.79. The molecule has 0 radical (unpaired) electrons. The summed E-state index contributed by atoms with van der Waals surface area (Å²) in [5, 5.41) is 14.3. The minimum Gasteiger partial charge on any atom is -0.454 e. The van der Waals surface area contributed by atoms with Gasteiger partial charge in [-0.2, -0.15) is 13.2 Å². The van der Waals surface area contributed by atoms with Crippen molar-refractivity contribution in [1.29, 1.82) is 0 Å². The van der Waals surface area contributed by atoms with Crippen LogP contribution >= 0.6 is 0 Å². The Morgan fingerprint density at radius 3 is 2.69 bits per heavy atom. The molecule has 0 spiro atoms. The number of hydrogen-bond acceptors (Lipinski definition) is 6. The molecule has 1 saturated heterocycles. The maximum absolute atomic E-state index is 13.8. The van der Waals surface area contributed by atoms with Crippen LogP contribution in [0.15, 0.2) is 42.7 Å². The molecule has 1 aromatic carbocycles. The number of nitrogens with zero attached hydrogens (tertiary/aromatic N) is 1. The summed E-state index contributed by atoms with van der Waals surface area (Å²) in [5.74, 6) is -2.56. The van der Waals surface area contributed by atoms with Crippen molar-refractivity contribution in [2.24, 2.45) is 5.92 Å². The van der Waals surface area contributed by atoms with Gasteiger partial charge in [-0.3, -0.25) is 9.78 Å². The number of halogens is 3. The van der Waals surface area contributed by atoms with Crippen LogP contribution in [-0.2, 0) is 0 Å². The Morgan fingerprint density at radius 1 is 1.24 bits per heavy atom. The molecule has 0 bridgehead atoms. The highest BCUT2D eigenvalue weighted by Crippen LogP contribution is 2.45. The molecule has 3 atom stereocenters. The smallest absolute Gasteiger partial charge is 0.437 e. The molecule has 0 saturated carbocycles. The first-order chi connectivity index (χ1) is 13.7. The predicted molar refractivity (Wildman–Crippen MR) is 90.0 cm³/mol. The van der Waals surface area contributed by atoms with E-state index in [2.05, 4.69) is 10.3 Å². The standard InChI is InChI=1S/C18H14F3N3O5/c19-18(20,21)17(27)13(15(25)10-2-1-5-22-7-10)14(23-16(26)24-17)9-3-4-11-12(6-9)29-8-28-11/h1-7,13-14,27H,8H2,(H2,23,24,26)/t13-,14+,17+/m1/s1. The first kappa shape index (κ1) is 19.0. The summed E-state index contributed by atoms with van der Waals surface area (Å²) >= 11 is 0. The number of rotatable bonds is 3. The fourth-order valence-electron chi connectivity index (χ4n) is 3.41. The molecular formula is C18H14F3N3O5. The first-order valence-corrected chi connectivity index (χ1v) is 8.42. The zero-order valence-corrected chi connectivity index (χ0v) is 14.6. The van der Waals surface area contributed by atoms with Gasteiger partial charge in [0.25, 0.3) is 0 Å². The summed E-state index contributed by atoms with van der Waals surface area (Å²) < 4.78 is 51.9. The molecule has 152 valence electrons. The van der Waals surface area contributed by atoms with Gasteiger partial charge in [0.2, 0.25) is 12.5 Å². The molecule has 2 aliphatic heterocycles. The highest BCUT2D eigenvalue weighted by atomic mass is 19.4. The van der Waals surface area contributed by atoms with E-state index < -0.39 is 35.7 Å². The van der Waals surface area contributed by atoms with Crippen LogP contribution in [0, 0.1) is 5.92 Å². The fraction of sp³-hybridized carbons (Fsp3) is 0.278. The molecule has 0 aliphatic carbocycles. The second-order valence-electron chi connectivity index (χ2n) is 6.54. The van der Waals surface area contributed by atoms with E-state index in [1.807, 2.05) is 0 Å². The number of benzene rings is 1. The van der Waals surface area contributed by atoms with E-state index in [4.69, 9.17) is 9.47 Å². The van der Waals surface area contributed by atoms with Gasteiger partial charge >= 0.3 is 12.2 Å². The van der Waals surface area contributed by atoms with Crippen LogP contribution in [0.2, 0.25) is 0 Å². The monoisotopic (exact) mass is 409 g/mol. The maximum Gasteiger partial charge on any atom is 0.437 e. The molecule has 2 aliphatic rings. The summed E-state index contributed by atoms with van der Waals surface area (Å²) in [6.07, 6.45) is -2.89. The van der Waals surface area contributed by atoms with Gasteiger partial charge in [-0.25, -0.2) is 4.79 Å². The molecule has 3 N–H and O–H groups in total. The maximum atomic E-state index is 13.8. The highest BCUT2D eigenvalue weighted by molar-refractivity contribution is 6.00. The van der Waals surface area contributed by atoms with Crippen molar-refractivity contribution in [3.63, 3.8) is 0 Å². The van der Waals surface area contributed by atoms with E-state index in [9.17, 15) is 27.9 Å². The zero-order chi connectivity index (χ0) is 20.8. The van der Waals surface area contributed by atoms with Crippen molar-refractivity contribution in [2.75, 3.05) is 6.79 Å². The minimum atomic E-state index is -5.33. The quantitative estimate of drug-likeness (QED) is 0.669. The molecule has 1 fully saturated rings. The lowest BCUT2D eigenvalue weighted by Crippen LogP contribution is -2.72. The van der Waals surface area contributed by atoms with Gasteiger partial charge in [0, 0.05) is 18.0 Å². The minimum absolute atomic E-state index is 0.0676. The van der Waals surface area contributed by atoms with Crippen LogP contribution in [-0.4, -0.2) is 40.6 Å². The van der Waals surface area contributed by atoms with E-state index in [0.717, 1.165) is 6.20 Å². The lowest BCUT2D eigenvalue weighted by molar-refractivity contribution is -0.287. The lowest BCUT2D eigenvalue weighted by atomic mass is 9.77. The summed E-state index contributed by atoms with van der Waals surface area (Å²) in [6, 6.07) is 4.08. The number of ketones is 1. The largest absolute Gasteiger partial charge is 0.454 e. The molecule has 0 unspecified atom stereocenters. The number of carbonyl (C=O) groups is 2. The van der Waals surface area contributed by atoms with Crippen LogP contribution in [0.5, 0.6) is 11.5 Å². The third-order valence-corrected chi connectivity index (χ3v) is 4.79. The Kier molecular flexibility index (Phi) is 4.34. The summed E-state index contributed by atoms with van der Waals surface area (Å²) in [4.78, 5) is 28.8. The number of alkyl halides is 3. The molecule has 29 heavy (non-hydrogen) atoms. The number of hydrogen-bond donors (Lipinski definition) is 3. The van der Waals surface area contributed by atoms with Crippen molar-refractivity contribution in [3.8, 4) is 11.5 Å². The van der Waals surface area contributed by atoms with Crippen molar-refractivity contribution in [2.45, 2.75) is 17.9 Å². The topological polar surface area (TPSA) is 110 Å². The van der Waals surface area contributed by atoms with Crippen LogP contribution in [0.4, 0.5) is 18.0 Å². The number of pyridine rings is 1. The van der Waals surface area contributed by atoms with Crippen LogP contribution in [0.1, 0.15) is 22.0 Å². The van der Waals surface area contributed by atoms with Crippen LogP contribution in [0.3, 0.4) is 0 Å². The number of amides is 2. The van der Waals surface area contributed by atoms with E-state index in [1.54, 1.807) is 0 Å². The first-order valence-electron chi connectivity index (χ1n) is 8.42. The molecule has 4 rings (SSSR count). The average Bonchev–Trinajstić information content (AvgIpc) is 3.14. The second-order valence-corrected chi connectivity index (χ2v) is 6.54. The van der Waals surface area contributed by atoms with E-state index in [-0.39, 0.29) is 23.7 Å². The lowest BCUT2D eigenvalue weighted by Gasteiger charge is -2.45. The molecule has 2 amide bonds. The Morgan fingerprint density at radius 2 is 2.00 bits per heavy atom. The number of fused-ring (bicyclic) bond motifs is 1. The number of carbonyl (C=O) groups excluding carboxylic acids is 2. The van der Waals surface area contributed by atoms with Gasteiger partial charge in [0.05, 0.1) is 6.04 Å². The van der Waals surface area contributed by atoms with Gasteiger partial charge < -0.3 is 25.2 Å². The number of ether oxygens (including phenoxy) is 2. The molecular weight excluding hydrogens is 395 g/mol. The number of urea groups is 1. The summed E-state index contributed by atoms with van der Waals surface area (Å²) in [7, 11) is 0. The Hall–Kier alpha value is -3.34. The Labute approximate surface area is 161 Å². The fourth-order valence-corrected chi connectivity index (χ4v) is 3.41. The van der Waals surface area contributed by atoms with Gasteiger partial charge in [-0.05, 0) is 29.8 Å². The van der Waals surface area contributed by atoms with E-state index in [0.29, 0.717) is 5.75 Å². The van der Waals surface area contributed by atoms with Gasteiger partial charge in [0.15, 0.2) is 17.3 Å². The van der Waals surface area contributed by atoms with Crippen molar-refractivity contribution in [3.05, 3.63) is 53.9 Å². The van der Waals surface area contributed by atoms with E-state index >= 15 is 0 Å². The van der Waals surface area contributed by atoms with Crippen molar-refractivity contribution >= 4 is 11.8 Å². The number of aromatic nitrogens is 1. The number of aliphatic hydroxyl groups is 1. The molecule has 8 nitrogen and oxygen atoms in total. The highest BCUT2D eigenvalue weighted by Gasteiger charge is 2.66. The number of nitrogens with one attached hydrogen (secondary N) is 2. The molecule has 3 heterocycles. The molecule has 2 aromatic rings. The summed E-state index contributed by atoms with van der Waals surface area (Å²) in [5.41, 5.74) is -3.82. The van der Waals surface area contributed by atoms with E-state index in [1.165, 1.54) is 41.8 Å². The Balaban J connectivity index is 1.84. The molecule has 11 heteroatoms. The van der Waals surface area contributed by atoms with Crippen molar-refractivity contribution < 1.29 is 37.3 Å². The second kappa shape index (κ2) is 6.62. The van der Waals surface area contributed by atoms with Gasteiger partial charge in [-0.15, -0.1) is 0 Å². The third kappa shape index (κ3) is 3.12. The van der Waals surface area contributed by atoms with Crippen LogP contribution < -0.4 is 20.1 Å². The Bertz CT molecular complexity index is 969. The SMILES string of the molecule is O=C1N[C@@H](c2ccc3c(c2)OCO3)[C@H](C(=O)c2cccnc2)[C@](O)(C(F)(F)F)N1. The van der Waals surface area contributed by atoms with Crippen molar-refractivity contribution in [1.82, 2.24) is 15.6 Å². The average molecular weight is 409 g/mol.